The van der Waals surface area contributed by atoms with Crippen LogP contribution in [-0.4, -0.2) is 28.2 Å². The third kappa shape index (κ3) is 3.25. The second kappa shape index (κ2) is 6.22. The van der Waals surface area contributed by atoms with Crippen LogP contribution in [0.1, 0.15) is 29.5 Å². The van der Waals surface area contributed by atoms with Gasteiger partial charge in [0.25, 0.3) is 0 Å². The number of thioether (sulfide) groups is 1. The number of carboxylic acids is 1. The lowest BCUT2D eigenvalue weighted by atomic mass is 9.98. The number of Topliss-reactive ketones (excluding diaryl/α,β-unsaturated/α-hetero) is 1. The Kier molecular flexibility index (Phi) is 5.19. The monoisotopic (exact) mass is 288 g/mol. The predicted molar refractivity (Wildman–Crippen MR) is 70.1 cm³/mol. The summed E-state index contributed by atoms with van der Waals surface area (Å²) in [5.74, 6) is -1.67. The van der Waals surface area contributed by atoms with Gasteiger partial charge in [0.1, 0.15) is 5.38 Å². The van der Waals surface area contributed by atoms with Crippen LogP contribution in [0.15, 0.2) is 23.1 Å². The van der Waals surface area contributed by atoms with Crippen LogP contribution in [0.5, 0.6) is 0 Å². The van der Waals surface area contributed by atoms with Gasteiger partial charge >= 0.3 is 5.97 Å². The summed E-state index contributed by atoms with van der Waals surface area (Å²) in [5, 5.41) is 17.5. The van der Waals surface area contributed by atoms with Crippen LogP contribution in [0, 0.1) is 0 Å². The van der Waals surface area contributed by atoms with Crippen molar-refractivity contribution in [1.82, 2.24) is 0 Å². The fourth-order valence-corrected chi connectivity index (χ4v) is 2.14. The maximum Gasteiger partial charge on any atom is 0.337 e. The third-order valence-corrected chi connectivity index (χ3v) is 3.72. The highest BCUT2D eigenvalue weighted by molar-refractivity contribution is 7.98. The molecule has 4 nitrogen and oxygen atoms in total. The molecule has 0 saturated carbocycles. The number of hydrogen-bond donors (Lipinski definition) is 2. The minimum absolute atomic E-state index is 0.149. The van der Waals surface area contributed by atoms with E-state index in [4.69, 9.17) is 16.7 Å². The lowest BCUT2D eigenvalue weighted by Crippen LogP contribution is -2.15. The standard InChI is InChI=1S/C12H13ClO4S/c1-6(14)10(13)9-5-7(18-2)3-4-8(9)11(15)12(16)17/h3-5,10-11,15H,1-2H3,(H,16,17). The normalized spacial score (nSPS) is 14.0. The number of rotatable bonds is 5. The molecule has 0 saturated heterocycles. The van der Waals surface area contributed by atoms with Crippen LogP contribution in [0.4, 0.5) is 0 Å². The zero-order valence-electron chi connectivity index (χ0n) is 9.88. The summed E-state index contributed by atoms with van der Waals surface area (Å²) >= 11 is 7.40. The number of carbonyl (C=O) groups excluding carboxylic acids is 1. The van der Waals surface area contributed by atoms with Gasteiger partial charge in [-0.2, -0.15) is 0 Å². The van der Waals surface area contributed by atoms with E-state index < -0.39 is 17.5 Å². The number of aliphatic hydroxyl groups excluding tert-OH is 1. The number of halogens is 1. The Morgan fingerprint density at radius 1 is 1.33 bits per heavy atom. The molecule has 0 bridgehead atoms. The predicted octanol–water partition coefficient (Wildman–Crippen LogP) is 2.40. The van der Waals surface area contributed by atoms with Gasteiger partial charge < -0.3 is 10.2 Å². The smallest absolute Gasteiger partial charge is 0.337 e. The van der Waals surface area contributed by atoms with E-state index in [-0.39, 0.29) is 11.3 Å². The maximum atomic E-state index is 11.3. The SMILES string of the molecule is CSc1ccc(C(O)C(=O)O)c(C(Cl)C(C)=O)c1. The van der Waals surface area contributed by atoms with Gasteiger partial charge in [0.15, 0.2) is 11.9 Å². The van der Waals surface area contributed by atoms with Crippen LogP contribution in [0.2, 0.25) is 0 Å². The van der Waals surface area contributed by atoms with Gasteiger partial charge in [-0.05, 0) is 36.4 Å². The molecule has 6 heteroatoms. The molecule has 1 aromatic carbocycles. The van der Waals surface area contributed by atoms with E-state index in [1.165, 1.54) is 24.8 Å². The molecule has 0 aliphatic carbocycles. The summed E-state index contributed by atoms with van der Waals surface area (Å²) < 4.78 is 0. The Morgan fingerprint density at radius 3 is 2.39 bits per heavy atom. The third-order valence-electron chi connectivity index (χ3n) is 2.45. The molecule has 0 radical (unpaired) electrons. The maximum absolute atomic E-state index is 11.3. The molecule has 0 aliphatic rings. The molecule has 1 rings (SSSR count). The molecule has 0 amide bonds. The van der Waals surface area contributed by atoms with Gasteiger partial charge in [0, 0.05) is 4.90 Å². The van der Waals surface area contributed by atoms with E-state index in [9.17, 15) is 14.7 Å². The van der Waals surface area contributed by atoms with Crippen molar-refractivity contribution in [2.75, 3.05) is 6.26 Å². The van der Waals surface area contributed by atoms with E-state index in [0.29, 0.717) is 5.56 Å². The van der Waals surface area contributed by atoms with Crippen molar-refractivity contribution in [3.8, 4) is 0 Å². The lowest BCUT2D eigenvalue weighted by Gasteiger charge is -2.16. The number of carbonyl (C=O) groups is 2. The number of carboxylic acid groups (broad SMARTS) is 1. The Bertz CT molecular complexity index is 475. The van der Waals surface area contributed by atoms with Gasteiger partial charge in [0.05, 0.1) is 0 Å². The van der Waals surface area contributed by atoms with Crippen LogP contribution in [0.3, 0.4) is 0 Å². The number of alkyl halides is 1. The van der Waals surface area contributed by atoms with Gasteiger partial charge in [0.2, 0.25) is 0 Å². The quantitative estimate of drug-likeness (QED) is 0.643. The molecule has 0 aromatic heterocycles. The number of ketones is 1. The van der Waals surface area contributed by atoms with Crippen molar-refractivity contribution in [2.24, 2.45) is 0 Å². The van der Waals surface area contributed by atoms with Crippen molar-refractivity contribution in [3.05, 3.63) is 29.3 Å². The van der Waals surface area contributed by atoms with Gasteiger partial charge in [-0.1, -0.05) is 6.07 Å². The van der Waals surface area contributed by atoms with Gasteiger partial charge in [-0.15, -0.1) is 23.4 Å². The summed E-state index contributed by atoms with van der Waals surface area (Å²) in [6.45, 7) is 1.32. The molecule has 2 N–H and O–H groups in total. The first-order valence-corrected chi connectivity index (χ1v) is 6.77. The molecule has 2 atom stereocenters. The van der Waals surface area contributed by atoms with Crippen molar-refractivity contribution in [1.29, 1.82) is 0 Å². The Balaban J connectivity index is 3.33. The summed E-state index contributed by atoms with van der Waals surface area (Å²) in [4.78, 5) is 23.0. The van der Waals surface area contributed by atoms with Crippen LogP contribution < -0.4 is 0 Å². The zero-order valence-corrected chi connectivity index (χ0v) is 11.5. The number of aliphatic hydroxyl groups is 1. The fourth-order valence-electron chi connectivity index (χ4n) is 1.50. The lowest BCUT2D eigenvalue weighted by molar-refractivity contribution is -0.147. The molecule has 98 valence electrons. The summed E-state index contributed by atoms with van der Waals surface area (Å²) in [6, 6.07) is 4.79. The van der Waals surface area contributed by atoms with E-state index in [0.717, 1.165) is 4.90 Å². The molecule has 18 heavy (non-hydrogen) atoms. The topological polar surface area (TPSA) is 74.6 Å². The molecule has 0 aliphatic heterocycles. The Hall–Kier alpha value is -1.04. The van der Waals surface area contributed by atoms with Crippen LogP contribution >= 0.6 is 23.4 Å². The van der Waals surface area contributed by atoms with Crippen LogP contribution in [-0.2, 0) is 9.59 Å². The van der Waals surface area contributed by atoms with Crippen molar-refractivity contribution >= 4 is 35.1 Å². The average Bonchev–Trinajstić information content (AvgIpc) is 2.35. The minimum Gasteiger partial charge on any atom is -0.479 e. The van der Waals surface area contributed by atoms with Crippen molar-refractivity contribution < 1.29 is 19.8 Å². The van der Waals surface area contributed by atoms with Gasteiger partial charge in [-0.3, -0.25) is 4.79 Å². The van der Waals surface area contributed by atoms with E-state index in [2.05, 4.69) is 0 Å². The highest BCUT2D eigenvalue weighted by atomic mass is 35.5. The molecule has 2 unspecified atom stereocenters. The first-order chi connectivity index (χ1) is 8.38. The first kappa shape index (κ1) is 15.0. The summed E-state index contributed by atoms with van der Waals surface area (Å²) in [7, 11) is 0. The molecule has 1 aromatic rings. The minimum atomic E-state index is -1.68. The van der Waals surface area contributed by atoms with E-state index in [1.54, 1.807) is 12.1 Å². The second-order valence-electron chi connectivity index (χ2n) is 3.71. The van der Waals surface area contributed by atoms with E-state index >= 15 is 0 Å². The summed E-state index contributed by atoms with van der Waals surface area (Å²) in [6.07, 6.45) is 0.167. The highest BCUT2D eigenvalue weighted by Crippen LogP contribution is 2.32. The Morgan fingerprint density at radius 2 is 1.94 bits per heavy atom. The number of aliphatic carboxylic acids is 1. The van der Waals surface area contributed by atoms with Crippen LogP contribution in [0.25, 0.3) is 0 Å². The van der Waals surface area contributed by atoms with E-state index in [1.807, 2.05) is 6.26 Å². The molecule has 0 fully saturated rings. The van der Waals surface area contributed by atoms with Crippen molar-refractivity contribution in [2.45, 2.75) is 23.3 Å². The molecule has 0 spiro atoms. The first-order valence-electron chi connectivity index (χ1n) is 5.11. The largest absolute Gasteiger partial charge is 0.479 e. The molecule has 0 heterocycles. The fraction of sp³-hybridized carbons (Fsp3) is 0.333. The summed E-state index contributed by atoms with van der Waals surface area (Å²) in [5.41, 5.74) is 0.487. The zero-order chi connectivity index (χ0) is 13.9. The Labute approximate surface area is 114 Å². The number of benzene rings is 1. The number of hydrogen-bond acceptors (Lipinski definition) is 4. The van der Waals surface area contributed by atoms with Crippen molar-refractivity contribution in [3.63, 3.8) is 0 Å². The average molecular weight is 289 g/mol. The highest BCUT2D eigenvalue weighted by Gasteiger charge is 2.25. The molecular formula is C12H13ClO4S. The molecular weight excluding hydrogens is 276 g/mol. The second-order valence-corrected chi connectivity index (χ2v) is 5.02. The van der Waals surface area contributed by atoms with Gasteiger partial charge in [-0.25, -0.2) is 4.79 Å².